The first-order valence-electron chi connectivity index (χ1n) is 5.17. The lowest BCUT2D eigenvalue weighted by Gasteiger charge is -2.34. The van der Waals surface area contributed by atoms with Crippen molar-refractivity contribution in [1.82, 2.24) is 10.1 Å². The van der Waals surface area contributed by atoms with E-state index >= 15 is 0 Å². The van der Waals surface area contributed by atoms with Crippen LogP contribution in [-0.4, -0.2) is 29.3 Å². The van der Waals surface area contributed by atoms with Crippen LogP contribution >= 0.6 is 0 Å². The third-order valence-electron chi connectivity index (χ3n) is 2.08. The monoisotopic (exact) mass is 184 g/mol. The Labute approximate surface area is 80.9 Å². The molecule has 1 heterocycles. The molecule has 1 atom stereocenters. The Balaban J connectivity index is 2.44. The van der Waals surface area contributed by atoms with E-state index in [1.807, 2.05) is 16.3 Å². The van der Waals surface area contributed by atoms with E-state index in [9.17, 15) is 0 Å². The minimum atomic E-state index is 0.396. The summed E-state index contributed by atoms with van der Waals surface area (Å²) in [6, 6.07) is 0.396. The molecule has 0 spiro atoms. The van der Waals surface area contributed by atoms with Gasteiger partial charge in [-0.25, -0.2) is 5.06 Å². The van der Waals surface area contributed by atoms with Gasteiger partial charge in [-0.05, 0) is 25.8 Å². The second-order valence-corrected chi connectivity index (χ2v) is 3.45. The van der Waals surface area contributed by atoms with E-state index in [2.05, 4.69) is 26.8 Å². The predicted molar refractivity (Wildman–Crippen MR) is 53.7 cm³/mol. The Morgan fingerprint density at radius 2 is 1.92 bits per heavy atom. The molecular formula is C10H20N2O. The van der Waals surface area contributed by atoms with Crippen molar-refractivity contribution in [3.8, 4) is 0 Å². The molecule has 0 aromatic rings. The second-order valence-electron chi connectivity index (χ2n) is 3.45. The minimum Gasteiger partial charge on any atom is -0.242 e. The van der Waals surface area contributed by atoms with Crippen molar-refractivity contribution in [2.75, 3.05) is 13.1 Å². The van der Waals surface area contributed by atoms with Crippen LogP contribution in [0.3, 0.4) is 0 Å². The highest BCUT2D eigenvalue weighted by Gasteiger charge is 2.18. The fraction of sp³-hybridized carbons (Fsp3) is 0.800. The maximum atomic E-state index is 5.66. The summed E-state index contributed by atoms with van der Waals surface area (Å²) in [6.07, 6.45) is 6.44. The van der Waals surface area contributed by atoms with Gasteiger partial charge >= 0.3 is 0 Å². The van der Waals surface area contributed by atoms with Crippen LogP contribution in [0.2, 0.25) is 0 Å². The molecule has 3 heteroatoms. The first kappa shape index (κ1) is 10.5. The highest BCUT2D eigenvalue weighted by atomic mass is 16.8. The van der Waals surface area contributed by atoms with Crippen LogP contribution in [-0.2, 0) is 4.94 Å². The van der Waals surface area contributed by atoms with Gasteiger partial charge in [-0.1, -0.05) is 13.8 Å². The van der Waals surface area contributed by atoms with Crippen LogP contribution in [0.5, 0.6) is 0 Å². The Bertz CT molecular complexity index is 170. The number of hydrogen-bond donors (Lipinski definition) is 0. The predicted octanol–water partition coefficient (Wildman–Crippen LogP) is 2.17. The van der Waals surface area contributed by atoms with Gasteiger partial charge in [0.2, 0.25) is 0 Å². The number of hydrogen-bond acceptors (Lipinski definition) is 3. The molecule has 1 aliphatic rings. The van der Waals surface area contributed by atoms with Gasteiger partial charge in [-0.3, -0.25) is 0 Å². The van der Waals surface area contributed by atoms with E-state index in [-0.39, 0.29) is 0 Å². The average molecular weight is 184 g/mol. The molecule has 0 aromatic carbocycles. The van der Waals surface area contributed by atoms with Crippen molar-refractivity contribution in [2.24, 2.45) is 0 Å². The molecule has 0 bridgehead atoms. The lowest BCUT2D eigenvalue weighted by molar-refractivity contribution is -0.321. The molecule has 0 fully saturated rings. The van der Waals surface area contributed by atoms with E-state index in [1.165, 1.54) is 0 Å². The summed E-state index contributed by atoms with van der Waals surface area (Å²) in [7, 11) is 0. The molecule has 0 saturated heterocycles. The molecule has 0 N–H and O–H groups in total. The Hall–Kier alpha value is -0.540. The molecule has 3 nitrogen and oxygen atoms in total. The first-order valence-corrected chi connectivity index (χ1v) is 5.17. The molecule has 0 saturated carbocycles. The average Bonchev–Trinajstić information content (AvgIpc) is 2.12. The topological polar surface area (TPSA) is 15.7 Å². The Morgan fingerprint density at radius 1 is 1.23 bits per heavy atom. The van der Waals surface area contributed by atoms with Crippen LogP contribution in [0.1, 0.15) is 33.6 Å². The summed E-state index contributed by atoms with van der Waals surface area (Å²) < 4.78 is 0. The molecule has 0 amide bonds. The van der Waals surface area contributed by atoms with Crippen molar-refractivity contribution in [2.45, 2.75) is 39.7 Å². The molecule has 76 valence electrons. The second kappa shape index (κ2) is 5.25. The van der Waals surface area contributed by atoms with Gasteiger partial charge in [0.25, 0.3) is 0 Å². The first-order chi connectivity index (χ1) is 6.27. The molecule has 0 aliphatic carbocycles. The van der Waals surface area contributed by atoms with Crippen molar-refractivity contribution < 1.29 is 4.94 Å². The minimum absolute atomic E-state index is 0.396. The van der Waals surface area contributed by atoms with Gasteiger partial charge < -0.3 is 0 Å². The van der Waals surface area contributed by atoms with Crippen molar-refractivity contribution in [3.05, 3.63) is 12.3 Å². The quantitative estimate of drug-likeness (QED) is 0.666. The maximum absolute atomic E-state index is 5.66. The van der Waals surface area contributed by atoms with Gasteiger partial charge in [-0.15, -0.1) is 0 Å². The zero-order valence-corrected chi connectivity index (χ0v) is 8.86. The van der Waals surface area contributed by atoms with E-state index in [0.29, 0.717) is 6.04 Å². The van der Waals surface area contributed by atoms with Crippen LogP contribution in [0.15, 0.2) is 12.3 Å². The summed E-state index contributed by atoms with van der Waals surface area (Å²) in [5.74, 6) is 0. The summed E-state index contributed by atoms with van der Waals surface area (Å²) in [4.78, 5) is 5.66. The standard InChI is InChI=1S/C10H20N2O/c1-4-7-11-9-6-10(3)12(13-11)8-5-2/h6,9-10H,4-5,7-8H2,1-3H3. The fourth-order valence-electron chi connectivity index (χ4n) is 1.35. The largest absolute Gasteiger partial charge is 0.242 e. The number of nitrogens with zero attached hydrogens (tertiary/aromatic N) is 2. The number of hydroxylamine groups is 4. The van der Waals surface area contributed by atoms with E-state index < -0.39 is 0 Å². The molecule has 1 rings (SSSR count). The Morgan fingerprint density at radius 3 is 2.54 bits per heavy atom. The molecule has 0 radical (unpaired) electrons. The highest BCUT2D eigenvalue weighted by molar-refractivity contribution is 4.90. The van der Waals surface area contributed by atoms with Crippen molar-refractivity contribution in [1.29, 1.82) is 0 Å². The highest BCUT2D eigenvalue weighted by Crippen LogP contribution is 2.12. The van der Waals surface area contributed by atoms with Gasteiger partial charge in [0.15, 0.2) is 0 Å². The summed E-state index contributed by atoms with van der Waals surface area (Å²) in [5.41, 5.74) is 0. The summed E-state index contributed by atoms with van der Waals surface area (Å²) in [5, 5.41) is 3.92. The molecule has 0 aromatic heterocycles. The van der Waals surface area contributed by atoms with Gasteiger partial charge in [0, 0.05) is 19.3 Å². The zero-order chi connectivity index (χ0) is 9.68. The van der Waals surface area contributed by atoms with Gasteiger partial charge in [-0.2, -0.15) is 10.0 Å². The SMILES string of the molecule is CCCN1C=CC(C)N(CCC)O1. The third-order valence-corrected chi connectivity index (χ3v) is 2.08. The van der Waals surface area contributed by atoms with Crippen LogP contribution in [0.4, 0.5) is 0 Å². The van der Waals surface area contributed by atoms with Gasteiger partial charge in [0.05, 0.1) is 6.04 Å². The Kier molecular flexibility index (Phi) is 4.25. The van der Waals surface area contributed by atoms with Crippen LogP contribution in [0, 0.1) is 0 Å². The molecule has 1 unspecified atom stereocenters. The smallest absolute Gasteiger partial charge is 0.0546 e. The van der Waals surface area contributed by atoms with Crippen molar-refractivity contribution >= 4 is 0 Å². The summed E-state index contributed by atoms with van der Waals surface area (Å²) >= 11 is 0. The van der Waals surface area contributed by atoms with E-state index in [1.54, 1.807) is 0 Å². The lowest BCUT2D eigenvalue weighted by Crippen LogP contribution is -2.41. The van der Waals surface area contributed by atoms with Gasteiger partial charge in [0.1, 0.15) is 0 Å². The molecule has 1 aliphatic heterocycles. The fourth-order valence-corrected chi connectivity index (χ4v) is 1.35. The maximum Gasteiger partial charge on any atom is 0.0546 e. The number of rotatable bonds is 4. The van der Waals surface area contributed by atoms with E-state index in [0.717, 1.165) is 25.9 Å². The van der Waals surface area contributed by atoms with Crippen molar-refractivity contribution in [3.63, 3.8) is 0 Å². The summed E-state index contributed by atoms with van der Waals surface area (Å²) in [6.45, 7) is 8.42. The third kappa shape index (κ3) is 3.01. The zero-order valence-electron chi connectivity index (χ0n) is 8.86. The lowest BCUT2D eigenvalue weighted by atomic mass is 10.3. The molecular weight excluding hydrogens is 164 g/mol. The molecule has 13 heavy (non-hydrogen) atoms. The van der Waals surface area contributed by atoms with Crippen LogP contribution in [0.25, 0.3) is 0 Å². The van der Waals surface area contributed by atoms with Crippen LogP contribution < -0.4 is 0 Å². The van der Waals surface area contributed by atoms with E-state index in [4.69, 9.17) is 4.94 Å². The normalized spacial score (nSPS) is 23.9.